The molecular weight excluding hydrogens is 390 g/mol. The summed E-state index contributed by atoms with van der Waals surface area (Å²) in [6.45, 7) is 3.43. The van der Waals surface area contributed by atoms with E-state index in [1.54, 1.807) is 7.11 Å². The van der Waals surface area contributed by atoms with E-state index in [4.69, 9.17) is 20.2 Å². The van der Waals surface area contributed by atoms with Gasteiger partial charge >= 0.3 is 0 Å². The summed E-state index contributed by atoms with van der Waals surface area (Å²) in [4.78, 5) is 20.0. The highest BCUT2D eigenvalue weighted by Crippen LogP contribution is 2.32. The van der Waals surface area contributed by atoms with E-state index in [1.165, 1.54) is 0 Å². The van der Waals surface area contributed by atoms with Gasteiger partial charge in [0.25, 0.3) is 5.91 Å². The molecule has 2 atom stereocenters. The zero-order valence-corrected chi connectivity index (χ0v) is 19.0. The molecule has 2 N–H and O–H groups in total. The van der Waals surface area contributed by atoms with Gasteiger partial charge in [0.2, 0.25) is 0 Å². The molecule has 0 radical (unpaired) electrons. The van der Waals surface area contributed by atoms with E-state index in [2.05, 4.69) is 0 Å². The van der Waals surface area contributed by atoms with Crippen molar-refractivity contribution in [1.29, 1.82) is 0 Å². The largest absolute Gasteiger partial charge is 0.400 e. The SMILES string of the molecule is COCCCCC(C=C(N)[C@@H](C)N(C(=O)[C@H]1CCCCO1)C1CC1)=Nc1ccccc1. The van der Waals surface area contributed by atoms with Gasteiger partial charge in [-0.05, 0) is 76.5 Å². The quantitative estimate of drug-likeness (QED) is 0.420. The number of hydrogen-bond donors (Lipinski definition) is 1. The van der Waals surface area contributed by atoms with Crippen LogP contribution >= 0.6 is 0 Å². The second-order valence-electron chi connectivity index (χ2n) is 8.54. The molecule has 1 aromatic rings. The second kappa shape index (κ2) is 12.0. The molecule has 3 rings (SSSR count). The van der Waals surface area contributed by atoms with Crippen LogP contribution in [0.15, 0.2) is 47.1 Å². The van der Waals surface area contributed by atoms with Gasteiger partial charge in [-0.15, -0.1) is 0 Å². The van der Waals surface area contributed by atoms with Gasteiger partial charge in [0.15, 0.2) is 0 Å². The molecule has 2 aliphatic rings. The molecule has 1 amide bonds. The molecule has 1 aromatic carbocycles. The van der Waals surface area contributed by atoms with Crippen LogP contribution in [0.3, 0.4) is 0 Å². The lowest BCUT2D eigenvalue weighted by atomic mass is 10.0. The summed E-state index contributed by atoms with van der Waals surface area (Å²) in [5, 5.41) is 0. The van der Waals surface area contributed by atoms with Crippen molar-refractivity contribution in [2.24, 2.45) is 10.7 Å². The van der Waals surface area contributed by atoms with Gasteiger partial charge in [0, 0.05) is 37.8 Å². The topological polar surface area (TPSA) is 77.2 Å². The van der Waals surface area contributed by atoms with E-state index in [0.717, 1.165) is 69.4 Å². The van der Waals surface area contributed by atoms with E-state index in [9.17, 15) is 4.79 Å². The molecule has 0 bridgehead atoms. The normalized spacial score (nSPS) is 21.0. The Hall–Kier alpha value is -2.18. The number of para-hydroxylation sites is 1. The Labute approximate surface area is 186 Å². The Kier molecular flexibility index (Phi) is 9.10. The number of ether oxygens (including phenoxy) is 2. The number of carbonyl (C=O) groups excluding carboxylic acids is 1. The summed E-state index contributed by atoms with van der Waals surface area (Å²) >= 11 is 0. The van der Waals surface area contributed by atoms with Gasteiger partial charge in [-0.25, -0.2) is 0 Å². The summed E-state index contributed by atoms with van der Waals surface area (Å²) < 4.78 is 11.0. The Bertz CT molecular complexity index is 753. The number of amides is 1. The number of carbonyl (C=O) groups is 1. The minimum atomic E-state index is -0.323. The highest BCUT2D eigenvalue weighted by Gasteiger charge is 2.40. The average molecular weight is 428 g/mol. The summed E-state index contributed by atoms with van der Waals surface area (Å²) in [5.74, 6) is 0.0905. The fourth-order valence-corrected chi connectivity index (χ4v) is 4.00. The van der Waals surface area contributed by atoms with Crippen molar-refractivity contribution in [2.75, 3.05) is 20.3 Å². The smallest absolute Gasteiger partial charge is 0.252 e. The maximum atomic E-state index is 13.2. The van der Waals surface area contributed by atoms with Crippen LogP contribution in [-0.4, -0.2) is 55.0 Å². The zero-order chi connectivity index (χ0) is 22.1. The maximum absolute atomic E-state index is 13.2. The predicted molar refractivity (Wildman–Crippen MR) is 124 cm³/mol. The fraction of sp³-hybridized carbons (Fsp3) is 0.600. The van der Waals surface area contributed by atoms with E-state index >= 15 is 0 Å². The first-order valence-electron chi connectivity index (χ1n) is 11.6. The molecule has 6 nitrogen and oxygen atoms in total. The molecule has 1 saturated carbocycles. The highest BCUT2D eigenvalue weighted by molar-refractivity contribution is 5.97. The summed E-state index contributed by atoms with van der Waals surface area (Å²) in [6, 6.07) is 10.0. The number of rotatable bonds is 11. The van der Waals surface area contributed by atoms with Crippen molar-refractivity contribution in [3.05, 3.63) is 42.1 Å². The van der Waals surface area contributed by atoms with E-state index in [1.807, 2.05) is 48.2 Å². The zero-order valence-electron chi connectivity index (χ0n) is 19.0. The Morgan fingerprint density at radius 2 is 2.03 bits per heavy atom. The number of allylic oxidation sites excluding steroid dienone is 1. The molecule has 0 unspecified atom stereocenters. The molecule has 2 fully saturated rings. The second-order valence-corrected chi connectivity index (χ2v) is 8.54. The van der Waals surface area contributed by atoms with Gasteiger partial charge in [0.05, 0.1) is 11.7 Å². The number of nitrogens with two attached hydrogens (primary N) is 1. The van der Waals surface area contributed by atoms with Crippen molar-refractivity contribution >= 4 is 17.3 Å². The van der Waals surface area contributed by atoms with Crippen molar-refractivity contribution in [1.82, 2.24) is 4.90 Å². The van der Waals surface area contributed by atoms with Gasteiger partial charge in [-0.2, -0.15) is 0 Å². The molecular formula is C25H37N3O3. The van der Waals surface area contributed by atoms with Gasteiger partial charge in [-0.1, -0.05) is 18.2 Å². The van der Waals surface area contributed by atoms with Crippen LogP contribution in [0.5, 0.6) is 0 Å². The van der Waals surface area contributed by atoms with Crippen LogP contribution in [0.4, 0.5) is 5.69 Å². The molecule has 6 heteroatoms. The molecule has 1 heterocycles. The van der Waals surface area contributed by atoms with Gasteiger partial charge in [0.1, 0.15) is 6.10 Å². The number of hydrogen-bond acceptors (Lipinski definition) is 5. The minimum Gasteiger partial charge on any atom is -0.400 e. The Morgan fingerprint density at radius 3 is 2.68 bits per heavy atom. The summed E-state index contributed by atoms with van der Waals surface area (Å²) in [6.07, 6.45) is 9.37. The first-order valence-corrected chi connectivity index (χ1v) is 11.6. The molecule has 0 spiro atoms. The van der Waals surface area contributed by atoms with E-state index in [-0.39, 0.29) is 24.1 Å². The monoisotopic (exact) mass is 427 g/mol. The lowest BCUT2D eigenvalue weighted by Crippen LogP contribution is -2.49. The third-order valence-electron chi connectivity index (χ3n) is 5.94. The maximum Gasteiger partial charge on any atom is 0.252 e. The number of benzene rings is 1. The van der Waals surface area contributed by atoms with Crippen LogP contribution < -0.4 is 5.73 Å². The first kappa shape index (κ1) is 23.5. The molecule has 0 aromatic heterocycles. The van der Waals surface area contributed by atoms with E-state index < -0.39 is 0 Å². The summed E-state index contributed by atoms with van der Waals surface area (Å²) in [5.41, 5.74) is 9.08. The minimum absolute atomic E-state index is 0.0905. The van der Waals surface area contributed by atoms with Crippen LogP contribution in [0, 0.1) is 0 Å². The first-order chi connectivity index (χ1) is 15.1. The van der Waals surface area contributed by atoms with Gasteiger partial charge in [-0.3, -0.25) is 9.79 Å². The molecule has 170 valence electrons. The summed E-state index contributed by atoms with van der Waals surface area (Å²) in [7, 11) is 1.72. The number of methoxy groups -OCH3 is 1. The van der Waals surface area contributed by atoms with Crippen molar-refractivity contribution in [3.63, 3.8) is 0 Å². The number of aliphatic imine (C=N–C) groups is 1. The fourth-order valence-electron chi connectivity index (χ4n) is 4.00. The van der Waals surface area contributed by atoms with Crippen LogP contribution in [0.25, 0.3) is 0 Å². The van der Waals surface area contributed by atoms with Crippen LogP contribution in [0.2, 0.25) is 0 Å². The Balaban J connectivity index is 1.75. The van der Waals surface area contributed by atoms with Crippen molar-refractivity contribution < 1.29 is 14.3 Å². The highest BCUT2D eigenvalue weighted by atomic mass is 16.5. The van der Waals surface area contributed by atoms with Gasteiger partial charge < -0.3 is 20.1 Å². The average Bonchev–Trinajstić information content (AvgIpc) is 3.63. The predicted octanol–water partition coefficient (Wildman–Crippen LogP) is 4.37. The lowest BCUT2D eigenvalue weighted by molar-refractivity contribution is -0.148. The van der Waals surface area contributed by atoms with Crippen LogP contribution in [-0.2, 0) is 14.3 Å². The number of nitrogens with zero attached hydrogens (tertiary/aromatic N) is 2. The van der Waals surface area contributed by atoms with E-state index in [0.29, 0.717) is 12.3 Å². The number of unbranched alkanes of at least 4 members (excludes halogenated alkanes) is 1. The standard InChI is InChI=1S/C25H37N3O3/c1-19(28(22-14-15-22)25(29)24-13-7-9-17-31-24)23(26)18-21(12-6-8-16-30-2)27-20-10-4-3-5-11-20/h3-5,10-11,18-19,22,24H,6-9,12-17,26H2,1-2H3/t19-,24-/m1/s1. The molecule has 1 saturated heterocycles. The lowest BCUT2D eigenvalue weighted by Gasteiger charge is -2.34. The van der Waals surface area contributed by atoms with Crippen molar-refractivity contribution in [3.8, 4) is 0 Å². The molecule has 31 heavy (non-hydrogen) atoms. The molecule has 1 aliphatic heterocycles. The molecule has 1 aliphatic carbocycles. The Morgan fingerprint density at radius 1 is 1.26 bits per heavy atom. The third kappa shape index (κ3) is 7.18. The van der Waals surface area contributed by atoms with Crippen molar-refractivity contribution in [2.45, 2.75) is 76.5 Å². The third-order valence-corrected chi connectivity index (χ3v) is 5.94. The van der Waals surface area contributed by atoms with Crippen LogP contribution in [0.1, 0.15) is 58.3 Å².